The fourth-order valence-corrected chi connectivity index (χ4v) is 2.91. The third-order valence-corrected chi connectivity index (χ3v) is 4.39. The Labute approximate surface area is 163 Å². The normalized spacial score (nSPS) is 16.1. The van der Waals surface area contributed by atoms with Crippen molar-refractivity contribution in [3.05, 3.63) is 54.1 Å². The van der Waals surface area contributed by atoms with Crippen LogP contribution in [-0.4, -0.2) is 42.8 Å². The van der Waals surface area contributed by atoms with Gasteiger partial charge < -0.3 is 24.6 Å². The predicted molar refractivity (Wildman–Crippen MR) is 102 cm³/mol. The van der Waals surface area contributed by atoms with Crippen LogP contribution in [0.4, 0.5) is 0 Å². The lowest BCUT2D eigenvalue weighted by Crippen LogP contribution is -2.46. The summed E-state index contributed by atoms with van der Waals surface area (Å²) in [7, 11) is 0. The first kappa shape index (κ1) is 19.5. The Kier molecular flexibility index (Phi) is 6.37. The second-order valence-corrected chi connectivity index (χ2v) is 6.43. The quantitative estimate of drug-likeness (QED) is 0.724. The number of nitrogens with one attached hydrogen (secondary N) is 1. The molecule has 3 rings (SSSR count). The first-order chi connectivity index (χ1) is 13.6. The number of carboxylic acid groups (broad SMARTS) is 1. The van der Waals surface area contributed by atoms with Gasteiger partial charge in [0.1, 0.15) is 12.4 Å². The number of aliphatic carboxylic acids is 1. The molecule has 7 heteroatoms. The Morgan fingerprint density at radius 1 is 1.18 bits per heavy atom. The standard InChI is InChI=1S/C21H23NO6/c1-2-26-16-9-7-14(8-10-16)11-15(21(24)25)12-22-20(23)19-13-27-17-5-3-4-6-18(17)28-19/h3-10,15,19H,2,11-13H2,1H3,(H,22,23)(H,24,25). The van der Waals surface area contributed by atoms with Crippen LogP contribution in [0, 0.1) is 5.92 Å². The second-order valence-electron chi connectivity index (χ2n) is 6.43. The van der Waals surface area contributed by atoms with Crippen LogP contribution in [0.25, 0.3) is 0 Å². The van der Waals surface area contributed by atoms with Crippen LogP contribution >= 0.6 is 0 Å². The van der Waals surface area contributed by atoms with Crippen molar-refractivity contribution in [1.29, 1.82) is 0 Å². The van der Waals surface area contributed by atoms with Crippen molar-refractivity contribution >= 4 is 11.9 Å². The number of hydrogen-bond donors (Lipinski definition) is 2. The molecule has 28 heavy (non-hydrogen) atoms. The number of carbonyl (C=O) groups is 2. The van der Waals surface area contributed by atoms with Gasteiger partial charge in [-0.1, -0.05) is 24.3 Å². The van der Waals surface area contributed by atoms with Gasteiger partial charge >= 0.3 is 5.97 Å². The number of amides is 1. The van der Waals surface area contributed by atoms with E-state index in [-0.39, 0.29) is 13.2 Å². The van der Waals surface area contributed by atoms with Gasteiger partial charge in [0, 0.05) is 6.54 Å². The lowest BCUT2D eigenvalue weighted by Gasteiger charge is -2.26. The van der Waals surface area contributed by atoms with Crippen LogP contribution < -0.4 is 19.5 Å². The van der Waals surface area contributed by atoms with Crippen LogP contribution in [0.3, 0.4) is 0 Å². The van der Waals surface area contributed by atoms with Gasteiger partial charge in [0.05, 0.1) is 12.5 Å². The van der Waals surface area contributed by atoms with E-state index in [0.29, 0.717) is 24.5 Å². The summed E-state index contributed by atoms with van der Waals surface area (Å²) in [4.78, 5) is 24.0. The minimum Gasteiger partial charge on any atom is -0.494 e. The summed E-state index contributed by atoms with van der Waals surface area (Å²) in [6.07, 6.45) is -0.512. The molecule has 0 saturated carbocycles. The van der Waals surface area contributed by atoms with E-state index in [1.54, 1.807) is 30.3 Å². The lowest BCUT2D eigenvalue weighted by molar-refractivity contribution is -0.141. The molecule has 1 amide bonds. The fourth-order valence-electron chi connectivity index (χ4n) is 2.91. The van der Waals surface area contributed by atoms with Crippen LogP contribution in [0.15, 0.2) is 48.5 Å². The molecule has 2 unspecified atom stereocenters. The molecule has 7 nitrogen and oxygen atoms in total. The van der Waals surface area contributed by atoms with Crippen molar-refractivity contribution < 1.29 is 28.9 Å². The van der Waals surface area contributed by atoms with E-state index in [0.717, 1.165) is 11.3 Å². The maximum Gasteiger partial charge on any atom is 0.308 e. The Morgan fingerprint density at radius 3 is 2.57 bits per heavy atom. The molecule has 2 aromatic carbocycles. The minimum absolute atomic E-state index is 0.00286. The molecule has 2 N–H and O–H groups in total. The average Bonchev–Trinajstić information content (AvgIpc) is 2.71. The van der Waals surface area contributed by atoms with Gasteiger partial charge in [-0.2, -0.15) is 0 Å². The predicted octanol–water partition coefficient (Wildman–Crippen LogP) is 2.28. The molecular formula is C21H23NO6. The number of hydrogen-bond acceptors (Lipinski definition) is 5. The van der Waals surface area contributed by atoms with E-state index in [2.05, 4.69) is 5.32 Å². The topological polar surface area (TPSA) is 94.1 Å². The maximum absolute atomic E-state index is 12.4. The largest absolute Gasteiger partial charge is 0.494 e. The first-order valence-electron chi connectivity index (χ1n) is 9.17. The Bertz CT molecular complexity index is 820. The zero-order valence-electron chi connectivity index (χ0n) is 15.6. The molecule has 148 valence electrons. The third kappa shape index (κ3) is 4.94. The summed E-state index contributed by atoms with van der Waals surface area (Å²) in [5.41, 5.74) is 0.858. The van der Waals surface area contributed by atoms with Gasteiger partial charge in [0.25, 0.3) is 5.91 Å². The first-order valence-corrected chi connectivity index (χ1v) is 9.17. The molecular weight excluding hydrogens is 362 g/mol. The zero-order chi connectivity index (χ0) is 19.9. The second kappa shape index (κ2) is 9.12. The molecule has 1 aliphatic rings. The summed E-state index contributed by atoms with van der Waals surface area (Å²) in [5, 5.41) is 12.2. The summed E-state index contributed by atoms with van der Waals surface area (Å²) in [6, 6.07) is 14.4. The molecule has 0 radical (unpaired) electrons. The Balaban J connectivity index is 1.54. The number of carboxylic acids is 1. The van der Waals surface area contributed by atoms with E-state index < -0.39 is 23.9 Å². The minimum atomic E-state index is -0.972. The molecule has 0 aromatic heterocycles. The Morgan fingerprint density at radius 2 is 1.89 bits per heavy atom. The number of ether oxygens (including phenoxy) is 3. The van der Waals surface area contributed by atoms with Gasteiger partial charge in [-0.15, -0.1) is 0 Å². The van der Waals surface area contributed by atoms with Crippen molar-refractivity contribution in [2.75, 3.05) is 19.8 Å². The third-order valence-electron chi connectivity index (χ3n) is 4.39. The summed E-state index contributed by atoms with van der Waals surface area (Å²) in [6.45, 7) is 2.56. The molecule has 0 aliphatic carbocycles. The number of carbonyl (C=O) groups excluding carboxylic acids is 1. The van der Waals surface area contributed by atoms with Crippen molar-refractivity contribution in [2.45, 2.75) is 19.4 Å². The van der Waals surface area contributed by atoms with Gasteiger partial charge in [0.2, 0.25) is 6.10 Å². The molecule has 0 fully saturated rings. The van der Waals surface area contributed by atoms with E-state index >= 15 is 0 Å². The van der Waals surface area contributed by atoms with E-state index in [1.807, 2.05) is 25.1 Å². The molecule has 0 spiro atoms. The highest BCUT2D eigenvalue weighted by Gasteiger charge is 2.28. The van der Waals surface area contributed by atoms with E-state index in [4.69, 9.17) is 14.2 Å². The van der Waals surface area contributed by atoms with Gasteiger partial charge in [0.15, 0.2) is 11.5 Å². The summed E-state index contributed by atoms with van der Waals surface area (Å²) < 4.78 is 16.6. The number of rotatable bonds is 8. The molecule has 2 atom stereocenters. The molecule has 1 heterocycles. The fraction of sp³-hybridized carbons (Fsp3) is 0.333. The number of benzene rings is 2. The number of fused-ring (bicyclic) bond motifs is 1. The smallest absolute Gasteiger partial charge is 0.308 e. The summed E-state index contributed by atoms with van der Waals surface area (Å²) in [5.74, 6) is -0.295. The molecule has 1 aliphatic heterocycles. The highest BCUT2D eigenvalue weighted by atomic mass is 16.6. The monoisotopic (exact) mass is 385 g/mol. The van der Waals surface area contributed by atoms with Gasteiger partial charge in [-0.3, -0.25) is 9.59 Å². The van der Waals surface area contributed by atoms with Crippen molar-refractivity contribution in [1.82, 2.24) is 5.32 Å². The molecule has 0 bridgehead atoms. The zero-order valence-corrected chi connectivity index (χ0v) is 15.6. The van der Waals surface area contributed by atoms with Crippen molar-refractivity contribution in [3.63, 3.8) is 0 Å². The average molecular weight is 385 g/mol. The SMILES string of the molecule is CCOc1ccc(CC(CNC(=O)C2COc3ccccc3O2)C(=O)O)cc1. The molecule has 2 aromatic rings. The summed E-state index contributed by atoms with van der Waals surface area (Å²) >= 11 is 0. The van der Waals surface area contributed by atoms with Crippen molar-refractivity contribution in [2.24, 2.45) is 5.92 Å². The highest BCUT2D eigenvalue weighted by Crippen LogP contribution is 2.30. The van der Waals surface area contributed by atoms with E-state index in [1.165, 1.54) is 0 Å². The maximum atomic E-state index is 12.4. The van der Waals surface area contributed by atoms with Crippen LogP contribution in [0.5, 0.6) is 17.2 Å². The van der Waals surface area contributed by atoms with Gasteiger partial charge in [-0.05, 0) is 43.2 Å². The molecule has 0 saturated heterocycles. The van der Waals surface area contributed by atoms with Crippen LogP contribution in [0.1, 0.15) is 12.5 Å². The van der Waals surface area contributed by atoms with Gasteiger partial charge in [-0.25, -0.2) is 0 Å². The highest BCUT2D eigenvalue weighted by molar-refractivity contribution is 5.82. The Hall–Kier alpha value is -3.22. The number of para-hydroxylation sites is 2. The van der Waals surface area contributed by atoms with Crippen LogP contribution in [0.2, 0.25) is 0 Å². The van der Waals surface area contributed by atoms with Crippen molar-refractivity contribution in [3.8, 4) is 17.2 Å². The van der Waals surface area contributed by atoms with Crippen LogP contribution in [-0.2, 0) is 16.0 Å². The van der Waals surface area contributed by atoms with E-state index in [9.17, 15) is 14.7 Å². The lowest BCUT2D eigenvalue weighted by atomic mass is 9.99.